The molecule has 178 valence electrons. The summed E-state index contributed by atoms with van der Waals surface area (Å²) in [7, 11) is -2.31. The van der Waals surface area contributed by atoms with E-state index in [1.807, 2.05) is 0 Å². The molecule has 1 aromatic carbocycles. The van der Waals surface area contributed by atoms with E-state index in [0.29, 0.717) is 18.1 Å². The molecule has 2 aromatic rings. The molecule has 0 radical (unpaired) electrons. The number of esters is 1. The standard InChI is InChI=1S/C19H21N3O9S2/c1-29-13-2-4-15(16(10-13)22(25)26)20-17(23)12-31-18(24)11-14-3-5-19(32-14)33(27,28)21-6-8-30-9-7-21/h2-5,10H,6-9,11-12H2,1H3,(H,20,23). The van der Waals surface area contributed by atoms with Gasteiger partial charge in [0, 0.05) is 18.0 Å². The van der Waals surface area contributed by atoms with Crippen LogP contribution in [0, 0.1) is 10.1 Å². The molecule has 0 bridgehead atoms. The topological polar surface area (TPSA) is 154 Å². The van der Waals surface area contributed by atoms with Gasteiger partial charge in [-0.2, -0.15) is 4.31 Å². The lowest BCUT2D eigenvalue weighted by Gasteiger charge is -2.25. The molecule has 33 heavy (non-hydrogen) atoms. The summed E-state index contributed by atoms with van der Waals surface area (Å²) in [5, 5.41) is 13.5. The van der Waals surface area contributed by atoms with E-state index >= 15 is 0 Å². The van der Waals surface area contributed by atoms with Gasteiger partial charge in [0.15, 0.2) is 6.61 Å². The van der Waals surface area contributed by atoms with E-state index in [0.717, 1.165) is 17.4 Å². The number of benzene rings is 1. The quantitative estimate of drug-likeness (QED) is 0.306. The molecule has 1 amide bonds. The van der Waals surface area contributed by atoms with Gasteiger partial charge in [0.25, 0.3) is 21.6 Å². The molecule has 0 unspecified atom stereocenters. The number of thiophene rings is 1. The van der Waals surface area contributed by atoms with Crippen LogP contribution in [0.2, 0.25) is 0 Å². The van der Waals surface area contributed by atoms with Gasteiger partial charge >= 0.3 is 5.97 Å². The van der Waals surface area contributed by atoms with Gasteiger partial charge in [-0.1, -0.05) is 0 Å². The number of nitro benzene ring substituents is 1. The summed E-state index contributed by atoms with van der Waals surface area (Å²) in [5.41, 5.74) is -0.445. The fraction of sp³-hybridized carbons (Fsp3) is 0.368. The number of methoxy groups -OCH3 is 1. The lowest BCUT2D eigenvalue weighted by Crippen LogP contribution is -2.40. The van der Waals surface area contributed by atoms with Crippen molar-refractivity contribution in [1.82, 2.24) is 4.31 Å². The van der Waals surface area contributed by atoms with Crippen LogP contribution in [0.25, 0.3) is 0 Å². The third-order valence-electron chi connectivity index (χ3n) is 4.56. The van der Waals surface area contributed by atoms with Crippen LogP contribution in [0.3, 0.4) is 0 Å². The fourth-order valence-electron chi connectivity index (χ4n) is 2.93. The highest BCUT2D eigenvalue weighted by molar-refractivity contribution is 7.91. The van der Waals surface area contributed by atoms with Gasteiger partial charge in [0.2, 0.25) is 0 Å². The van der Waals surface area contributed by atoms with Crippen LogP contribution in [-0.2, 0) is 35.5 Å². The van der Waals surface area contributed by atoms with Gasteiger partial charge < -0.3 is 19.5 Å². The van der Waals surface area contributed by atoms with Crippen LogP contribution < -0.4 is 10.1 Å². The van der Waals surface area contributed by atoms with Gasteiger partial charge in [-0.15, -0.1) is 11.3 Å². The summed E-state index contributed by atoms with van der Waals surface area (Å²) in [5.74, 6) is -1.26. The second kappa shape index (κ2) is 10.7. The maximum Gasteiger partial charge on any atom is 0.311 e. The van der Waals surface area contributed by atoms with Crippen LogP contribution in [0.15, 0.2) is 34.5 Å². The summed E-state index contributed by atoms with van der Waals surface area (Å²) < 4.78 is 41.7. The Morgan fingerprint density at radius 1 is 1.24 bits per heavy atom. The van der Waals surface area contributed by atoms with Crippen molar-refractivity contribution in [3.63, 3.8) is 0 Å². The minimum absolute atomic E-state index is 0.0712. The number of nitro groups is 1. The SMILES string of the molecule is COc1ccc(NC(=O)COC(=O)Cc2ccc(S(=O)(=O)N3CCOCC3)s2)c([N+](=O)[O-])c1. The molecule has 1 saturated heterocycles. The zero-order chi connectivity index (χ0) is 24.0. The Morgan fingerprint density at radius 3 is 2.64 bits per heavy atom. The summed E-state index contributed by atoms with van der Waals surface area (Å²) >= 11 is 0.949. The number of morpholine rings is 1. The highest BCUT2D eigenvalue weighted by Crippen LogP contribution is 2.29. The maximum atomic E-state index is 12.6. The van der Waals surface area contributed by atoms with Gasteiger partial charge in [0.05, 0.1) is 37.7 Å². The van der Waals surface area contributed by atoms with Gasteiger partial charge in [-0.3, -0.25) is 19.7 Å². The van der Waals surface area contributed by atoms with Crippen molar-refractivity contribution in [1.29, 1.82) is 0 Å². The van der Waals surface area contributed by atoms with Crippen molar-refractivity contribution in [3.8, 4) is 5.75 Å². The first-order valence-electron chi connectivity index (χ1n) is 9.65. The molecular weight excluding hydrogens is 478 g/mol. The molecule has 1 N–H and O–H groups in total. The van der Waals surface area contributed by atoms with Gasteiger partial charge in [0.1, 0.15) is 15.6 Å². The Morgan fingerprint density at radius 2 is 1.97 bits per heavy atom. The third kappa shape index (κ3) is 6.25. The van der Waals surface area contributed by atoms with Crippen LogP contribution in [-0.4, -0.2) is 69.5 Å². The number of rotatable bonds is 9. The third-order valence-corrected chi connectivity index (χ3v) is 8.01. The summed E-state index contributed by atoms with van der Waals surface area (Å²) in [6, 6.07) is 6.83. The molecule has 0 spiro atoms. The number of hydrogen-bond acceptors (Lipinski definition) is 10. The van der Waals surface area contributed by atoms with Gasteiger partial charge in [-0.05, 0) is 24.3 Å². The minimum atomic E-state index is -3.66. The van der Waals surface area contributed by atoms with E-state index in [-0.39, 0.29) is 40.8 Å². The van der Waals surface area contributed by atoms with Crippen LogP contribution in [0.4, 0.5) is 11.4 Å². The summed E-state index contributed by atoms with van der Waals surface area (Å²) in [6.45, 7) is 0.515. The Balaban J connectivity index is 1.54. The summed E-state index contributed by atoms with van der Waals surface area (Å²) in [4.78, 5) is 35.1. The van der Waals surface area contributed by atoms with Crippen LogP contribution in [0.5, 0.6) is 5.75 Å². The predicted octanol–water partition coefficient (Wildman–Crippen LogP) is 1.41. The molecule has 3 rings (SSSR count). The minimum Gasteiger partial charge on any atom is -0.496 e. The highest BCUT2D eigenvalue weighted by Gasteiger charge is 2.28. The van der Waals surface area contributed by atoms with Crippen molar-refractivity contribution in [2.75, 3.05) is 45.3 Å². The second-order valence-corrected chi connectivity index (χ2v) is 10.1. The molecule has 0 saturated carbocycles. The zero-order valence-electron chi connectivity index (χ0n) is 17.5. The van der Waals surface area contributed by atoms with E-state index in [1.54, 1.807) is 0 Å². The lowest BCUT2D eigenvalue weighted by atomic mass is 10.2. The first-order chi connectivity index (χ1) is 15.7. The molecule has 14 heteroatoms. The smallest absolute Gasteiger partial charge is 0.311 e. The Kier molecular flexibility index (Phi) is 7.97. The van der Waals surface area contributed by atoms with E-state index < -0.39 is 33.4 Å². The van der Waals surface area contributed by atoms with E-state index in [2.05, 4.69) is 5.32 Å². The molecule has 1 fully saturated rings. The number of carbonyl (C=O) groups is 2. The first-order valence-corrected chi connectivity index (χ1v) is 11.9. The first kappa shape index (κ1) is 24.6. The molecule has 0 atom stereocenters. The number of sulfonamides is 1. The number of nitrogens with one attached hydrogen (secondary N) is 1. The molecule has 12 nitrogen and oxygen atoms in total. The van der Waals surface area contributed by atoms with Crippen LogP contribution >= 0.6 is 11.3 Å². The summed E-state index contributed by atoms with van der Waals surface area (Å²) in [6.07, 6.45) is -0.223. The van der Waals surface area contributed by atoms with Crippen molar-refractivity contribution >= 4 is 44.6 Å². The average Bonchev–Trinajstić information content (AvgIpc) is 3.27. The molecular formula is C19H21N3O9S2. The van der Waals surface area contributed by atoms with E-state index in [9.17, 15) is 28.1 Å². The Bertz CT molecular complexity index is 1140. The van der Waals surface area contributed by atoms with Gasteiger partial charge in [-0.25, -0.2) is 8.42 Å². The Hall–Kier alpha value is -3.07. The molecule has 1 aromatic heterocycles. The van der Waals surface area contributed by atoms with E-state index in [1.165, 1.54) is 35.7 Å². The lowest BCUT2D eigenvalue weighted by molar-refractivity contribution is -0.384. The highest BCUT2D eigenvalue weighted by atomic mass is 32.2. The fourth-order valence-corrected chi connectivity index (χ4v) is 5.83. The predicted molar refractivity (Wildman–Crippen MR) is 117 cm³/mol. The van der Waals surface area contributed by atoms with Crippen molar-refractivity contribution in [2.24, 2.45) is 0 Å². The second-order valence-electron chi connectivity index (χ2n) is 6.76. The van der Waals surface area contributed by atoms with Crippen molar-refractivity contribution in [2.45, 2.75) is 10.6 Å². The molecule has 1 aliphatic rings. The largest absolute Gasteiger partial charge is 0.496 e. The zero-order valence-corrected chi connectivity index (χ0v) is 19.1. The normalized spacial score (nSPS) is 14.5. The number of nitrogens with zero attached hydrogens (tertiary/aromatic N) is 2. The molecule has 2 heterocycles. The number of ether oxygens (including phenoxy) is 3. The number of amides is 1. The van der Waals surface area contributed by atoms with Crippen LogP contribution in [0.1, 0.15) is 4.88 Å². The number of anilines is 1. The molecule has 0 aliphatic carbocycles. The number of carbonyl (C=O) groups excluding carboxylic acids is 2. The number of hydrogen-bond donors (Lipinski definition) is 1. The average molecular weight is 500 g/mol. The van der Waals surface area contributed by atoms with E-state index in [4.69, 9.17) is 14.2 Å². The Labute approximate surface area is 193 Å². The maximum absolute atomic E-state index is 12.6. The van der Waals surface area contributed by atoms with Crippen molar-refractivity contribution in [3.05, 3.63) is 45.3 Å². The molecule has 1 aliphatic heterocycles. The monoisotopic (exact) mass is 499 g/mol. The van der Waals surface area contributed by atoms with Crippen molar-refractivity contribution < 1.29 is 37.1 Å².